The van der Waals surface area contributed by atoms with E-state index in [0.717, 1.165) is 62.3 Å². The van der Waals surface area contributed by atoms with Crippen molar-refractivity contribution in [2.75, 3.05) is 32.7 Å². The van der Waals surface area contributed by atoms with Crippen LogP contribution in [-0.4, -0.2) is 59.3 Å². The van der Waals surface area contributed by atoms with Gasteiger partial charge in [-0.15, -0.1) is 0 Å². The molecule has 2 fully saturated rings. The number of benzene rings is 1. The molecule has 2 aliphatic heterocycles. The van der Waals surface area contributed by atoms with Crippen molar-refractivity contribution in [1.82, 2.24) is 14.8 Å². The molecule has 1 aromatic carbocycles. The zero-order chi connectivity index (χ0) is 18.8. The van der Waals surface area contributed by atoms with Crippen LogP contribution in [0.15, 0.2) is 28.7 Å². The van der Waals surface area contributed by atoms with Gasteiger partial charge < -0.3 is 15.1 Å². The number of likely N-dealkylation sites (tertiary alicyclic amines) is 2. The van der Waals surface area contributed by atoms with E-state index in [4.69, 9.17) is 10.2 Å². The van der Waals surface area contributed by atoms with Crippen LogP contribution in [0.25, 0.3) is 11.1 Å². The molecule has 1 aromatic heterocycles. The Hall–Kier alpha value is -2.41. The summed E-state index contributed by atoms with van der Waals surface area (Å²) in [5.41, 5.74) is 7.13. The second-order valence-corrected chi connectivity index (χ2v) is 7.65. The number of hydrogen-bond donors (Lipinski definition) is 1. The number of nitrogens with zero attached hydrogens (tertiary/aromatic N) is 3. The highest BCUT2D eigenvalue weighted by atomic mass is 16.3. The first-order valence-corrected chi connectivity index (χ1v) is 9.75. The average molecular weight is 370 g/mol. The van der Waals surface area contributed by atoms with E-state index in [1.54, 1.807) is 0 Å². The van der Waals surface area contributed by atoms with Crippen molar-refractivity contribution in [2.45, 2.75) is 31.6 Å². The number of oxazole rings is 1. The second kappa shape index (κ2) is 7.68. The smallest absolute Gasteiger partial charge is 0.236 e. The highest BCUT2D eigenvalue weighted by Gasteiger charge is 2.30. The van der Waals surface area contributed by atoms with Gasteiger partial charge in [0.25, 0.3) is 0 Å². The summed E-state index contributed by atoms with van der Waals surface area (Å²) >= 11 is 0. The van der Waals surface area contributed by atoms with Crippen molar-refractivity contribution in [3.63, 3.8) is 0 Å². The number of primary amides is 1. The summed E-state index contributed by atoms with van der Waals surface area (Å²) in [6.07, 6.45) is 3.47. The predicted molar refractivity (Wildman–Crippen MR) is 101 cm³/mol. The fraction of sp³-hybridized carbons (Fsp3) is 0.550. The van der Waals surface area contributed by atoms with Crippen LogP contribution < -0.4 is 5.73 Å². The van der Waals surface area contributed by atoms with Crippen LogP contribution in [0.5, 0.6) is 0 Å². The van der Waals surface area contributed by atoms with Crippen molar-refractivity contribution >= 4 is 22.9 Å². The van der Waals surface area contributed by atoms with Crippen molar-refractivity contribution < 1.29 is 14.0 Å². The highest BCUT2D eigenvalue weighted by molar-refractivity contribution is 5.79. The minimum absolute atomic E-state index is 0.128. The van der Waals surface area contributed by atoms with Gasteiger partial charge in [0, 0.05) is 25.6 Å². The van der Waals surface area contributed by atoms with Gasteiger partial charge >= 0.3 is 0 Å². The van der Waals surface area contributed by atoms with Gasteiger partial charge in [-0.25, -0.2) is 4.98 Å². The van der Waals surface area contributed by atoms with Crippen LogP contribution in [0, 0.1) is 5.92 Å². The fourth-order valence-corrected chi connectivity index (χ4v) is 4.16. The summed E-state index contributed by atoms with van der Waals surface area (Å²) in [6, 6.07) is 7.79. The van der Waals surface area contributed by atoms with E-state index in [2.05, 4.69) is 9.88 Å². The summed E-state index contributed by atoms with van der Waals surface area (Å²) in [5.74, 6) is 0.790. The maximum absolute atomic E-state index is 12.7. The molecule has 0 spiro atoms. The van der Waals surface area contributed by atoms with E-state index in [9.17, 15) is 9.59 Å². The third kappa shape index (κ3) is 3.98. The van der Waals surface area contributed by atoms with Crippen molar-refractivity contribution in [1.29, 1.82) is 0 Å². The van der Waals surface area contributed by atoms with Gasteiger partial charge in [-0.3, -0.25) is 14.5 Å². The van der Waals surface area contributed by atoms with Crippen LogP contribution in [0.2, 0.25) is 0 Å². The van der Waals surface area contributed by atoms with Crippen LogP contribution in [0.3, 0.4) is 0 Å². The van der Waals surface area contributed by atoms with Gasteiger partial charge in [0.2, 0.25) is 11.8 Å². The average Bonchev–Trinajstić information content (AvgIpc) is 3.12. The SMILES string of the molecule is NC(=O)[C@@H]1CCCN(CC(=O)N2CCC(c3nc4ccccc4o3)CC2)C1. The van der Waals surface area contributed by atoms with E-state index in [0.29, 0.717) is 13.1 Å². The second-order valence-electron chi connectivity index (χ2n) is 7.65. The standard InChI is InChI=1S/C20H26N4O3/c21-19(26)15-4-3-9-23(12-15)13-18(25)24-10-7-14(8-11-24)20-22-16-5-1-2-6-17(16)27-20/h1-2,5-6,14-15H,3-4,7-13H2,(H2,21,26)/t15-/m1/s1. The number of aromatic nitrogens is 1. The number of nitrogens with two attached hydrogens (primary N) is 1. The van der Waals surface area contributed by atoms with Crippen LogP contribution >= 0.6 is 0 Å². The quantitative estimate of drug-likeness (QED) is 0.885. The molecule has 0 aliphatic carbocycles. The first-order chi connectivity index (χ1) is 13.1. The number of carbonyl (C=O) groups is 2. The molecule has 2 amide bonds. The van der Waals surface area contributed by atoms with Gasteiger partial charge in [0.1, 0.15) is 5.52 Å². The van der Waals surface area contributed by atoms with Gasteiger partial charge in [0.05, 0.1) is 12.5 Å². The largest absolute Gasteiger partial charge is 0.440 e. The predicted octanol–water partition coefficient (Wildman–Crippen LogP) is 1.73. The van der Waals surface area contributed by atoms with Crippen LogP contribution in [0.1, 0.15) is 37.5 Å². The lowest BCUT2D eigenvalue weighted by Crippen LogP contribution is -2.48. The number of hydrogen-bond acceptors (Lipinski definition) is 5. The van der Waals surface area contributed by atoms with Gasteiger partial charge in [-0.1, -0.05) is 12.1 Å². The van der Waals surface area contributed by atoms with E-state index in [1.165, 1.54) is 0 Å². The number of fused-ring (bicyclic) bond motifs is 1. The molecular weight excluding hydrogens is 344 g/mol. The molecule has 0 bridgehead atoms. The van der Waals surface area contributed by atoms with Crippen molar-refractivity contribution in [3.05, 3.63) is 30.2 Å². The minimum atomic E-state index is -0.258. The zero-order valence-corrected chi connectivity index (χ0v) is 15.5. The molecule has 0 saturated carbocycles. The first-order valence-electron chi connectivity index (χ1n) is 9.75. The molecule has 2 aromatic rings. The van der Waals surface area contributed by atoms with Gasteiger partial charge in [-0.05, 0) is 44.4 Å². The number of rotatable bonds is 4. The summed E-state index contributed by atoms with van der Waals surface area (Å²) in [6.45, 7) is 3.26. The van der Waals surface area contributed by atoms with E-state index >= 15 is 0 Å². The molecule has 144 valence electrons. The lowest BCUT2D eigenvalue weighted by molar-refractivity contribution is -0.135. The van der Waals surface area contributed by atoms with E-state index in [1.807, 2.05) is 29.2 Å². The summed E-state index contributed by atoms with van der Waals surface area (Å²) < 4.78 is 5.89. The minimum Gasteiger partial charge on any atom is -0.440 e. The van der Waals surface area contributed by atoms with Crippen LogP contribution in [-0.2, 0) is 9.59 Å². The molecular formula is C20H26N4O3. The molecule has 1 atom stereocenters. The Kier molecular flexibility index (Phi) is 5.11. The molecule has 3 heterocycles. The molecule has 7 heteroatoms. The molecule has 2 N–H and O–H groups in total. The third-order valence-electron chi connectivity index (χ3n) is 5.77. The first kappa shape index (κ1) is 18.0. The summed E-state index contributed by atoms with van der Waals surface area (Å²) in [7, 11) is 0. The third-order valence-corrected chi connectivity index (χ3v) is 5.77. The molecule has 2 aliphatic rings. The van der Waals surface area contributed by atoms with Crippen molar-refractivity contribution in [2.24, 2.45) is 11.7 Å². The topological polar surface area (TPSA) is 92.7 Å². The Labute approximate surface area is 158 Å². The molecule has 0 unspecified atom stereocenters. The van der Waals surface area contributed by atoms with Gasteiger partial charge in [-0.2, -0.15) is 0 Å². The normalized spacial score (nSPS) is 22.2. The van der Waals surface area contributed by atoms with E-state index in [-0.39, 0.29) is 23.7 Å². The lowest BCUT2D eigenvalue weighted by atomic mass is 9.96. The number of piperidine rings is 2. The molecule has 4 rings (SSSR count). The van der Waals surface area contributed by atoms with Crippen molar-refractivity contribution in [3.8, 4) is 0 Å². The Bertz CT molecular complexity index is 792. The molecule has 0 radical (unpaired) electrons. The number of amides is 2. The molecule has 27 heavy (non-hydrogen) atoms. The van der Waals surface area contributed by atoms with E-state index < -0.39 is 0 Å². The summed E-state index contributed by atoms with van der Waals surface area (Å²) in [5, 5.41) is 0. The Balaban J connectivity index is 1.30. The Morgan fingerprint density at radius 1 is 1.15 bits per heavy atom. The zero-order valence-electron chi connectivity index (χ0n) is 15.5. The molecule has 7 nitrogen and oxygen atoms in total. The van der Waals surface area contributed by atoms with Crippen LogP contribution in [0.4, 0.5) is 0 Å². The maximum Gasteiger partial charge on any atom is 0.236 e. The fourth-order valence-electron chi connectivity index (χ4n) is 4.16. The Morgan fingerprint density at radius 2 is 1.93 bits per heavy atom. The Morgan fingerprint density at radius 3 is 2.67 bits per heavy atom. The molecule has 2 saturated heterocycles. The summed E-state index contributed by atoms with van der Waals surface area (Å²) in [4.78, 5) is 32.7. The lowest BCUT2D eigenvalue weighted by Gasteiger charge is -2.35. The monoisotopic (exact) mass is 370 g/mol. The number of para-hydroxylation sites is 2. The van der Waals surface area contributed by atoms with Gasteiger partial charge in [0.15, 0.2) is 11.5 Å². The number of carbonyl (C=O) groups excluding carboxylic acids is 2. The highest BCUT2D eigenvalue weighted by Crippen LogP contribution is 2.30. The maximum atomic E-state index is 12.7.